The molecule has 0 bridgehead atoms. The van der Waals surface area contributed by atoms with Crippen molar-refractivity contribution in [3.63, 3.8) is 0 Å². The second-order valence-electron chi connectivity index (χ2n) is 3.84. The monoisotopic (exact) mass is 309 g/mol. The summed E-state index contributed by atoms with van der Waals surface area (Å²) in [4.78, 5) is 23.5. The third-order valence-corrected chi connectivity index (χ3v) is 3.27. The zero-order valence-electron chi connectivity index (χ0n) is 10.1. The lowest BCUT2D eigenvalue weighted by Crippen LogP contribution is -2.17. The SMILES string of the molecule is CCOC(=O)C(=O)c1cccc2c1c(Br)cn2C. The highest BCUT2D eigenvalue weighted by Gasteiger charge is 2.21. The summed E-state index contributed by atoms with van der Waals surface area (Å²) in [7, 11) is 1.88. The Morgan fingerprint density at radius 3 is 2.78 bits per heavy atom. The van der Waals surface area contributed by atoms with E-state index in [1.54, 1.807) is 19.1 Å². The maximum absolute atomic E-state index is 12.0. The molecule has 0 radical (unpaired) electrons. The first kappa shape index (κ1) is 12.8. The molecule has 0 saturated heterocycles. The van der Waals surface area contributed by atoms with Crippen LogP contribution in [0.2, 0.25) is 0 Å². The number of benzene rings is 1. The lowest BCUT2D eigenvalue weighted by Gasteiger charge is -2.03. The number of aromatic nitrogens is 1. The van der Waals surface area contributed by atoms with Gasteiger partial charge in [0.05, 0.1) is 6.61 Å². The molecule has 0 amide bonds. The summed E-state index contributed by atoms with van der Waals surface area (Å²) in [5.74, 6) is -1.44. The number of esters is 1. The van der Waals surface area contributed by atoms with Gasteiger partial charge in [-0.2, -0.15) is 0 Å². The third-order valence-electron chi connectivity index (χ3n) is 2.67. The molecule has 1 heterocycles. The molecule has 0 saturated carbocycles. The van der Waals surface area contributed by atoms with Crippen molar-refractivity contribution in [1.29, 1.82) is 0 Å². The van der Waals surface area contributed by atoms with E-state index in [1.807, 2.05) is 23.9 Å². The first-order valence-corrected chi connectivity index (χ1v) is 6.30. The van der Waals surface area contributed by atoms with Gasteiger partial charge >= 0.3 is 5.97 Å². The number of rotatable bonds is 3. The molecular formula is C13H12BrNO3. The fourth-order valence-electron chi connectivity index (χ4n) is 1.88. The highest BCUT2D eigenvalue weighted by Crippen LogP contribution is 2.29. The van der Waals surface area contributed by atoms with E-state index in [2.05, 4.69) is 15.9 Å². The molecule has 18 heavy (non-hydrogen) atoms. The van der Waals surface area contributed by atoms with E-state index in [-0.39, 0.29) is 6.61 Å². The molecular weight excluding hydrogens is 298 g/mol. The maximum Gasteiger partial charge on any atom is 0.379 e. The van der Waals surface area contributed by atoms with E-state index >= 15 is 0 Å². The van der Waals surface area contributed by atoms with Crippen LogP contribution in [0.15, 0.2) is 28.9 Å². The van der Waals surface area contributed by atoms with Crippen molar-refractivity contribution in [2.75, 3.05) is 6.61 Å². The number of hydrogen-bond acceptors (Lipinski definition) is 3. The molecule has 0 aliphatic heterocycles. The van der Waals surface area contributed by atoms with Crippen molar-refractivity contribution in [1.82, 2.24) is 4.57 Å². The second kappa shape index (κ2) is 4.94. The summed E-state index contributed by atoms with van der Waals surface area (Å²) < 4.78 is 7.42. The topological polar surface area (TPSA) is 48.3 Å². The molecule has 94 valence electrons. The van der Waals surface area contributed by atoms with Crippen molar-refractivity contribution in [3.8, 4) is 0 Å². The Morgan fingerprint density at radius 2 is 2.11 bits per heavy atom. The summed E-state index contributed by atoms with van der Waals surface area (Å²) in [5, 5.41) is 0.734. The Labute approximate surface area is 113 Å². The van der Waals surface area contributed by atoms with Crippen LogP contribution in [0, 0.1) is 0 Å². The highest BCUT2D eigenvalue weighted by molar-refractivity contribution is 9.10. The summed E-state index contributed by atoms with van der Waals surface area (Å²) >= 11 is 3.40. The molecule has 1 aromatic carbocycles. The third kappa shape index (κ3) is 2.06. The quantitative estimate of drug-likeness (QED) is 0.497. The van der Waals surface area contributed by atoms with E-state index < -0.39 is 11.8 Å². The van der Waals surface area contributed by atoms with E-state index in [4.69, 9.17) is 4.74 Å². The van der Waals surface area contributed by atoms with E-state index in [1.165, 1.54) is 0 Å². The predicted molar refractivity (Wildman–Crippen MR) is 71.6 cm³/mol. The van der Waals surface area contributed by atoms with Gasteiger partial charge in [0.1, 0.15) is 0 Å². The summed E-state index contributed by atoms with van der Waals surface area (Å²) in [5.41, 5.74) is 1.25. The number of carbonyl (C=O) groups is 2. The molecule has 2 rings (SSSR count). The van der Waals surface area contributed by atoms with E-state index in [0.717, 1.165) is 15.4 Å². The first-order chi connectivity index (χ1) is 8.56. The van der Waals surface area contributed by atoms with Crippen LogP contribution in [0.3, 0.4) is 0 Å². The molecule has 0 spiro atoms. The van der Waals surface area contributed by atoms with Gasteiger partial charge in [0.15, 0.2) is 0 Å². The maximum atomic E-state index is 12.0. The summed E-state index contributed by atoms with van der Waals surface area (Å²) in [6.07, 6.45) is 1.85. The number of hydrogen-bond donors (Lipinski definition) is 0. The number of carbonyl (C=O) groups excluding carboxylic acids is 2. The van der Waals surface area contributed by atoms with Gasteiger partial charge in [-0.1, -0.05) is 6.07 Å². The zero-order chi connectivity index (χ0) is 13.3. The fraction of sp³-hybridized carbons (Fsp3) is 0.231. The van der Waals surface area contributed by atoms with Gasteiger partial charge in [0.2, 0.25) is 0 Å². The average Bonchev–Trinajstić information content (AvgIpc) is 2.65. The molecule has 0 aliphatic rings. The number of halogens is 1. The molecule has 0 atom stereocenters. The molecule has 0 unspecified atom stereocenters. The highest BCUT2D eigenvalue weighted by atomic mass is 79.9. The Kier molecular flexibility index (Phi) is 3.52. The van der Waals surface area contributed by atoms with Gasteiger partial charge in [-0.25, -0.2) is 4.79 Å². The lowest BCUT2D eigenvalue weighted by atomic mass is 10.1. The van der Waals surface area contributed by atoms with Crippen molar-refractivity contribution >= 4 is 38.6 Å². The van der Waals surface area contributed by atoms with Crippen molar-refractivity contribution in [2.24, 2.45) is 7.05 Å². The normalized spacial score (nSPS) is 10.6. The first-order valence-electron chi connectivity index (χ1n) is 5.51. The smallest absolute Gasteiger partial charge is 0.379 e. The van der Waals surface area contributed by atoms with Crippen LogP contribution < -0.4 is 0 Å². The molecule has 0 aliphatic carbocycles. The van der Waals surface area contributed by atoms with Gasteiger partial charge in [0, 0.05) is 34.2 Å². The minimum Gasteiger partial charge on any atom is -0.460 e. The van der Waals surface area contributed by atoms with Crippen LogP contribution in [0.25, 0.3) is 10.9 Å². The molecule has 0 fully saturated rings. The fourth-order valence-corrected chi connectivity index (χ4v) is 2.61. The van der Waals surface area contributed by atoms with Gasteiger partial charge in [-0.05, 0) is 35.0 Å². The van der Waals surface area contributed by atoms with E-state index in [9.17, 15) is 9.59 Å². The number of nitrogens with zero attached hydrogens (tertiary/aromatic N) is 1. The number of ketones is 1. The van der Waals surface area contributed by atoms with Gasteiger partial charge in [-0.15, -0.1) is 0 Å². The van der Waals surface area contributed by atoms with Crippen LogP contribution >= 0.6 is 15.9 Å². The second-order valence-corrected chi connectivity index (χ2v) is 4.69. The number of fused-ring (bicyclic) bond motifs is 1. The van der Waals surface area contributed by atoms with Gasteiger partial charge in [0.25, 0.3) is 5.78 Å². The van der Waals surface area contributed by atoms with Crippen LogP contribution in [0.5, 0.6) is 0 Å². The number of Topliss-reactive ketones (excluding diaryl/α,β-unsaturated/α-hetero) is 1. The zero-order valence-corrected chi connectivity index (χ0v) is 11.7. The standard InChI is InChI=1S/C13H12BrNO3/c1-3-18-13(17)12(16)8-5-4-6-10-11(8)9(14)7-15(10)2/h4-7H,3H2,1-2H3. The van der Waals surface area contributed by atoms with Gasteiger partial charge in [-0.3, -0.25) is 4.79 Å². The lowest BCUT2D eigenvalue weighted by molar-refractivity contribution is -0.137. The average molecular weight is 310 g/mol. The Bertz CT molecular complexity index is 630. The Balaban J connectivity index is 2.58. The van der Waals surface area contributed by atoms with Gasteiger partial charge < -0.3 is 9.30 Å². The minimum atomic E-state index is -0.819. The Morgan fingerprint density at radius 1 is 1.39 bits per heavy atom. The predicted octanol–water partition coefficient (Wildman–Crippen LogP) is 2.69. The Hall–Kier alpha value is -1.62. The number of ether oxygens (including phenoxy) is 1. The molecule has 1 aromatic heterocycles. The summed E-state index contributed by atoms with van der Waals surface area (Å²) in [6.45, 7) is 1.86. The largest absolute Gasteiger partial charge is 0.460 e. The van der Waals surface area contributed by atoms with Crippen LogP contribution in [-0.4, -0.2) is 22.9 Å². The molecule has 2 aromatic rings. The van der Waals surface area contributed by atoms with Crippen molar-refractivity contribution in [3.05, 3.63) is 34.4 Å². The van der Waals surface area contributed by atoms with Crippen molar-refractivity contribution < 1.29 is 14.3 Å². The van der Waals surface area contributed by atoms with Crippen LogP contribution in [-0.2, 0) is 16.6 Å². The summed E-state index contributed by atoms with van der Waals surface area (Å²) in [6, 6.07) is 5.27. The molecule has 4 nitrogen and oxygen atoms in total. The van der Waals surface area contributed by atoms with Crippen LogP contribution in [0.4, 0.5) is 0 Å². The molecule has 0 N–H and O–H groups in total. The minimum absolute atomic E-state index is 0.191. The van der Waals surface area contributed by atoms with Crippen molar-refractivity contribution in [2.45, 2.75) is 6.92 Å². The number of aryl methyl sites for hydroxylation is 1. The molecule has 5 heteroatoms. The van der Waals surface area contributed by atoms with Crippen LogP contribution in [0.1, 0.15) is 17.3 Å². The van der Waals surface area contributed by atoms with E-state index in [0.29, 0.717) is 5.56 Å².